The van der Waals surface area contributed by atoms with Crippen LogP contribution in [0.4, 0.5) is 0 Å². The number of ether oxygens (including phenoxy) is 1. The predicted molar refractivity (Wildman–Crippen MR) is 39.3 cm³/mol. The maximum atomic E-state index is 8.45. The van der Waals surface area contributed by atoms with Gasteiger partial charge in [0.05, 0.1) is 25.9 Å². The first-order valence-electron chi connectivity index (χ1n) is 3.19. The van der Waals surface area contributed by atoms with Gasteiger partial charge in [-0.1, -0.05) is 0 Å². The van der Waals surface area contributed by atoms with Gasteiger partial charge in [-0.15, -0.1) is 12.3 Å². The van der Waals surface area contributed by atoms with E-state index in [1.54, 1.807) is 0 Å². The third-order valence-corrected chi connectivity index (χ3v) is 0.957. The Bertz CT molecular complexity index is 109. The Kier molecular flexibility index (Phi) is 6.19. The van der Waals surface area contributed by atoms with Crippen molar-refractivity contribution < 1.29 is 9.84 Å². The van der Waals surface area contributed by atoms with E-state index in [1.165, 1.54) is 0 Å². The van der Waals surface area contributed by atoms with Crippen molar-refractivity contribution in [1.29, 1.82) is 0 Å². The highest BCUT2D eigenvalue weighted by Gasteiger charge is 1.97. The van der Waals surface area contributed by atoms with E-state index in [1.807, 2.05) is 0 Å². The van der Waals surface area contributed by atoms with Gasteiger partial charge in [0, 0.05) is 6.42 Å². The zero-order valence-corrected chi connectivity index (χ0v) is 5.92. The third kappa shape index (κ3) is 5.57. The maximum absolute atomic E-state index is 8.45. The number of nitrogens with two attached hydrogens (primary N) is 1. The van der Waals surface area contributed by atoms with Crippen LogP contribution in [0.15, 0.2) is 0 Å². The van der Waals surface area contributed by atoms with Crippen LogP contribution in [0.1, 0.15) is 6.42 Å². The molecular weight excluding hydrogens is 130 g/mol. The zero-order valence-electron chi connectivity index (χ0n) is 5.92. The number of hydrogen-bond acceptors (Lipinski definition) is 3. The Labute approximate surface area is 61.2 Å². The van der Waals surface area contributed by atoms with Crippen LogP contribution in [0, 0.1) is 12.3 Å². The zero-order chi connectivity index (χ0) is 7.82. The Balaban J connectivity index is 2.98. The maximum Gasteiger partial charge on any atom is 0.0640 e. The summed E-state index contributed by atoms with van der Waals surface area (Å²) in [5.41, 5.74) is 5.33. The molecule has 0 aromatic rings. The van der Waals surface area contributed by atoms with Crippen molar-refractivity contribution in [1.82, 2.24) is 0 Å². The van der Waals surface area contributed by atoms with Crippen LogP contribution in [-0.2, 0) is 4.74 Å². The summed E-state index contributed by atoms with van der Waals surface area (Å²) in [4.78, 5) is 0. The van der Waals surface area contributed by atoms with E-state index in [9.17, 15) is 0 Å². The summed E-state index contributed by atoms with van der Waals surface area (Å²) in [6, 6.07) is -0.280. The molecule has 3 heteroatoms. The first kappa shape index (κ1) is 9.44. The molecule has 3 N–H and O–H groups in total. The highest BCUT2D eigenvalue weighted by atomic mass is 16.5. The molecular formula is C7H13NO2. The SMILES string of the molecule is C#CCCOC[C@@H](N)CO. The van der Waals surface area contributed by atoms with Crippen LogP contribution in [0.2, 0.25) is 0 Å². The lowest BCUT2D eigenvalue weighted by Gasteiger charge is -2.06. The normalized spacial score (nSPS) is 12.5. The highest BCUT2D eigenvalue weighted by Crippen LogP contribution is 1.82. The summed E-state index contributed by atoms with van der Waals surface area (Å²) in [6.07, 6.45) is 5.56. The third-order valence-electron chi connectivity index (χ3n) is 0.957. The molecule has 1 atom stereocenters. The van der Waals surface area contributed by atoms with Gasteiger partial charge in [-0.25, -0.2) is 0 Å². The lowest BCUT2D eigenvalue weighted by Crippen LogP contribution is -2.30. The minimum Gasteiger partial charge on any atom is -0.395 e. The largest absolute Gasteiger partial charge is 0.395 e. The number of terminal acetylenes is 1. The first-order valence-corrected chi connectivity index (χ1v) is 3.19. The van der Waals surface area contributed by atoms with Crippen molar-refractivity contribution >= 4 is 0 Å². The predicted octanol–water partition coefficient (Wildman–Crippen LogP) is -0.654. The Morgan fingerprint density at radius 1 is 1.70 bits per heavy atom. The van der Waals surface area contributed by atoms with Gasteiger partial charge in [0.15, 0.2) is 0 Å². The number of hydrogen-bond donors (Lipinski definition) is 2. The minimum absolute atomic E-state index is 0.0456. The molecule has 10 heavy (non-hydrogen) atoms. The van der Waals surface area contributed by atoms with Gasteiger partial charge in [-0.2, -0.15) is 0 Å². The molecule has 0 radical (unpaired) electrons. The van der Waals surface area contributed by atoms with Crippen molar-refractivity contribution in [2.24, 2.45) is 5.73 Å². The van der Waals surface area contributed by atoms with Crippen molar-refractivity contribution in [2.75, 3.05) is 19.8 Å². The molecule has 0 aliphatic rings. The van der Waals surface area contributed by atoms with E-state index < -0.39 is 0 Å². The van der Waals surface area contributed by atoms with Crippen molar-refractivity contribution in [2.45, 2.75) is 12.5 Å². The second kappa shape index (κ2) is 6.56. The molecule has 0 unspecified atom stereocenters. The van der Waals surface area contributed by atoms with E-state index >= 15 is 0 Å². The summed E-state index contributed by atoms with van der Waals surface area (Å²) in [5, 5.41) is 8.45. The molecule has 0 amide bonds. The fraction of sp³-hybridized carbons (Fsp3) is 0.714. The summed E-state index contributed by atoms with van der Waals surface area (Å²) in [6.45, 7) is 0.846. The van der Waals surface area contributed by atoms with Gasteiger partial charge in [-0.05, 0) is 0 Å². The van der Waals surface area contributed by atoms with Crippen molar-refractivity contribution in [3.05, 3.63) is 0 Å². The smallest absolute Gasteiger partial charge is 0.0640 e. The van der Waals surface area contributed by atoms with Gasteiger partial charge >= 0.3 is 0 Å². The average molecular weight is 143 g/mol. The molecule has 0 heterocycles. The molecule has 0 aliphatic heterocycles. The monoisotopic (exact) mass is 143 g/mol. The molecule has 0 aromatic heterocycles. The van der Waals surface area contributed by atoms with Crippen LogP contribution in [0.3, 0.4) is 0 Å². The molecule has 0 rings (SSSR count). The molecule has 0 saturated heterocycles. The van der Waals surface area contributed by atoms with E-state index in [4.69, 9.17) is 22.0 Å². The van der Waals surface area contributed by atoms with E-state index in [0.29, 0.717) is 19.6 Å². The fourth-order valence-corrected chi connectivity index (χ4v) is 0.419. The second-order valence-corrected chi connectivity index (χ2v) is 1.97. The van der Waals surface area contributed by atoms with Gasteiger partial charge in [-0.3, -0.25) is 0 Å². The van der Waals surface area contributed by atoms with Crippen LogP contribution in [0.5, 0.6) is 0 Å². The van der Waals surface area contributed by atoms with Gasteiger partial charge in [0.25, 0.3) is 0 Å². The minimum atomic E-state index is -0.280. The van der Waals surface area contributed by atoms with E-state index in [0.717, 1.165) is 0 Å². The Morgan fingerprint density at radius 2 is 2.40 bits per heavy atom. The van der Waals surface area contributed by atoms with Crippen molar-refractivity contribution in [3.8, 4) is 12.3 Å². The number of aliphatic hydroxyl groups is 1. The lowest BCUT2D eigenvalue weighted by atomic mass is 10.4. The van der Waals surface area contributed by atoms with Crippen LogP contribution < -0.4 is 5.73 Å². The number of rotatable bonds is 5. The van der Waals surface area contributed by atoms with Gasteiger partial charge < -0.3 is 15.6 Å². The summed E-state index contributed by atoms with van der Waals surface area (Å²) in [7, 11) is 0. The quantitative estimate of drug-likeness (QED) is 0.397. The molecule has 0 aliphatic carbocycles. The summed E-state index contributed by atoms with van der Waals surface area (Å²) in [5.74, 6) is 2.43. The Morgan fingerprint density at radius 3 is 2.90 bits per heavy atom. The van der Waals surface area contributed by atoms with Crippen LogP contribution >= 0.6 is 0 Å². The number of aliphatic hydroxyl groups excluding tert-OH is 1. The standard InChI is InChI=1S/C7H13NO2/c1-2-3-4-10-6-7(8)5-9/h1,7,9H,3-6,8H2/t7-/m0/s1. The fourth-order valence-electron chi connectivity index (χ4n) is 0.419. The van der Waals surface area contributed by atoms with Gasteiger partial charge in [0.1, 0.15) is 0 Å². The Hall–Kier alpha value is -0.560. The molecule has 58 valence electrons. The van der Waals surface area contributed by atoms with E-state index in [-0.39, 0.29) is 12.6 Å². The molecule has 0 fully saturated rings. The topological polar surface area (TPSA) is 55.5 Å². The molecule has 0 aromatic carbocycles. The summed E-state index contributed by atoms with van der Waals surface area (Å²) >= 11 is 0. The average Bonchev–Trinajstić information content (AvgIpc) is 1.98. The summed E-state index contributed by atoms with van der Waals surface area (Å²) < 4.78 is 5.00. The van der Waals surface area contributed by atoms with Crippen LogP contribution in [0.25, 0.3) is 0 Å². The molecule has 3 nitrogen and oxygen atoms in total. The lowest BCUT2D eigenvalue weighted by molar-refractivity contribution is 0.105. The molecule has 0 bridgehead atoms. The van der Waals surface area contributed by atoms with E-state index in [2.05, 4.69) is 5.92 Å². The molecule has 0 saturated carbocycles. The van der Waals surface area contributed by atoms with Crippen LogP contribution in [-0.4, -0.2) is 31.0 Å². The highest BCUT2D eigenvalue weighted by molar-refractivity contribution is 4.82. The van der Waals surface area contributed by atoms with Gasteiger partial charge in [0.2, 0.25) is 0 Å². The van der Waals surface area contributed by atoms with Crippen molar-refractivity contribution in [3.63, 3.8) is 0 Å². The molecule has 0 spiro atoms. The second-order valence-electron chi connectivity index (χ2n) is 1.97. The first-order chi connectivity index (χ1) is 4.81.